The molecule has 2 aliphatic rings. The fourth-order valence-corrected chi connectivity index (χ4v) is 5.84. The summed E-state index contributed by atoms with van der Waals surface area (Å²) in [4.78, 5) is 18.1. The lowest BCUT2D eigenvalue weighted by Gasteiger charge is -2.32. The van der Waals surface area contributed by atoms with Gasteiger partial charge in [0.05, 0.1) is 17.9 Å². The van der Waals surface area contributed by atoms with Gasteiger partial charge in [-0.15, -0.1) is 12.4 Å². The SMILES string of the molecule is COc1ccc2c(c1)CN(C(=O)CCN1CCC(Cc3ccccc3)CC1)CC[S@]2=O.Cl. The quantitative estimate of drug-likeness (QED) is 0.634. The first kappa shape index (κ1) is 24.7. The topological polar surface area (TPSA) is 49.9 Å². The van der Waals surface area contributed by atoms with E-state index >= 15 is 0 Å². The molecule has 2 aliphatic heterocycles. The van der Waals surface area contributed by atoms with Gasteiger partial charge >= 0.3 is 0 Å². The highest BCUT2D eigenvalue weighted by Crippen LogP contribution is 2.26. The Morgan fingerprint density at radius 3 is 2.56 bits per heavy atom. The first-order valence-corrected chi connectivity index (χ1v) is 12.5. The van der Waals surface area contributed by atoms with Gasteiger partial charge in [0.1, 0.15) is 5.75 Å². The number of benzene rings is 2. The van der Waals surface area contributed by atoms with Crippen molar-refractivity contribution in [1.82, 2.24) is 9.80 Å². The van der Waals surface area contributed by atoms with Crippen LogP contribution in [0.1, 0.15) is 30.4 Å². The number of hydrogen-bond donors (Lipinski definition) is 0. The Balaban J connectivity index is 0.00000289. The van der Waals surface area contributed by atoms with E-state index in [9.17, 15) is 9.00 Å². The van der Waals surface area contributed by atoms with E-state index in [2.05, 4.69) is 35.2 Å². The molecular formula is C25H33ClN2O3S. The summed E-state index contributed by atoms with van der Waals surface area (Å²) in [5, 5.41) is 0. The largest absolute Gasteiger partial charge is 0.497 e. The first-order chi connectivity index (χ1) is 15.1. The van der Waals surface area contributed by atoms with Crippen molar-refractivity contribution in [2.24, 2.45) is 5.92 Å². The summed E-state index contributed by atoms with van der Waals surface area (Å²) in [7, 11) is 0.557. The molecule has 1 atom stereocenters. The average Bonchev–Trinajstić information content (AvgIpc) is 2.97. The summed E-state index contributed by atoms with van der Waals surface area (Å²) in [6.07, 6.45) is 4.06. The molecule has 0 N–H and O–H groups in total. The van der Waals surface area contributed by atoms with E-state index in [0.717, 1.165) is 48.2 Å². The molecule has 7 heteroatoms. The number of rotatable bonds is 6. The molecule has 0 bridgehead atoms. The van der Waals surface area contributed by atoms with Gasteiger partial charge in [-0.1, -0.05) is 30.3 Å². The molecule has 0 saturated carbocycles. The highest BCUT2D eigenvalue weighted by atomic mass is 35.5. The molecule has 0 spiro atoms. The van der Waals surface area contributed by atoms with Crippen LogP contribution in [0.15, 0.2) is 53.4 Å². The van der Waals surface area contributed by atoms with Crippen molar-refractivity contribution >= 4 is 29.1 Å². The number of halogens is 1. The summed E-state index contributed by atoms with van der Waals surface area (Å²) in [6.45, 7) is 3.99. The molecule has 32 heavy (non-hydrogen) atoms. The minimum Gasteiger partial charge on any atom is -0.497 e. The van der Waals surface area contributed by atoms with E-state index in [0.29, 0.717) is 25.3 Å². The number of fused-ring (bicyclic) bond motifs is 1. The number of nitrogens with zero attached hydrogens (tertiary/aromatic N) is 2. The van der Waals surface area contributed by atoms with E-state index in [-0.39, 0.29) is 18.3 Å². The number of piperidine rings is 1. The highest BCUT2D eigenvalue weighted by Gasteiger charge is 2.25. The zero-order valence-electron chi connectivity index (χ0n) is 18.7. The van der Waals surface area contributed by atoms with Crippen LogP contribution < -0.4 is 4.74 Å². The van der Waals surface area contributed by atoms with Gasteiger partial charge in [0, 0.05) is 36.7 Å². The van der Waals surface area contributed by atoms with Crippen molar-refractivity contribution in [2.75, 3.05) is 39.0 Å². The van der Waals surface area contributed by atoms with Crippen LogP contribution in [0.2, 0.25) is 0 Å². The number of likely N-dealkylation sites (tertiary alicyclic amines) is 1. The van der Waals surface area contributed by atoms with Gasteiger partial charge in [0.15, 0.2) is 0 Å². The number of methoxy groups -OCH3 is 1. The van der Waals surface area contributed by atoms with Crippen molar-refractivity contribution < 1.29 is 13.7 Å². The third-order valence-electron chi connectivity index (χ3n) is 6.49. The van der Waals surface area contributed by atoms with Gasteiger partial charge in [-0.2, -0.15) is 0 Å². The monoisotopic (exact) mass is 476 g/mol. The number of carbonyl (C=O) groups excluding carboxylic acids is 1. The van der Waals surface area contributed by atoms with E-state index in [1.807, 2.05) is 23.1 Å². The van der Waals surface area contributed by atoms with Crippen LogP contribution in [0.25, 0.3) is 0 Å². The second-order valence-electron chi connectivity index (χ2n) is 8.56. The zero-order valence-corrected chi connectivity index (χ0v) is 20.3. The zero-order chi connectivity index (χ0) is 21.6. The summed E-state index contributed by atoms with van der Waals surface area (Å²) < 4.78 is 17.9. The van der Waals surface area contributed by atoms with Crippen molar-refractivity contribution in [3.63, 3.8) is 0 Å². The molecule has 0 aliphatic carbocycles. The fraction of sp³-hybridized carbons (Fsp3) is 0.480. The van der Waals surface area contributed by atoms with Crippen LogP contribution in [-0.4, -0.2) is 59.0 Å². The highest BCUT2D eigenvalue weighted by molar-refractivity contribution is 7.85. The molecule has 0 aromatic heterocycles. The molecule has 1 fully saturated rings. The molecule has 1 amide bonds. The average molecular weight is 477 g/mol. The normalized spacial score (nSPS) is 19.5. The molecule has 4 rings (SSSR count). The standard InChI is InChI=1S/C25H32N2O3S.ClH/c1-30-23-7-8-24-22(18-23)19-27(15-16-31(24)29)25(28)11-14-26-12-9-21(10-13-26)17-20-5-3-2-4-6-20;/h2-8,18,21H,9-17,19H2,1H3;1H/t31-;/m1./s1. The minimum absolute atomic E-state index is 0. The predicted octanol–water partition coefficient (Wildman–Crippen LogP) is 3.91. The number of hydrogen-bond acceptors (Lipinski definition) is 4. The molecule has 1 saturated heterocycles. The molecule has 2 heterocycles. The lowest BCUT2D eigenvalue weighted by Crippen LogP contribution is -2.38. The maximum Gasteiger partial charge on any atom is 0.224 e. The molecule has 174 valence electrons. The Kier molecular flexibility index (Phi) is 9.14. The Labute approximate surface area is 200 Å². The lowest BCUT2D eigenvalue weighted by atomic mass is 9.90. The molecule has 0 unspecified atom stereocenters. The van der Waals surface area contributed by atoms with Crippen molar-refractivity contribution in [2.45, 2.75) is 37.1 Å². The summed E-state index contributed by atoms with van der Waals surface area (Å²) in [5.41, 5.74) is 2.36. The third-order valence-corrected chi connectivity index (χ3v) is 7.93. The van der Waals surface area contributed by atoms with Gasteiger partial charge < -0.3 is 14.5 Å². The third kappa shape index (κ3) is 6.33. The molecule has 2 aromatic carbocycles. The van der Waals surface area contributed by atoms with E-state index < -0.39 is 10.8 Å². The van der Waals surface area contributed by atoms with Gasteiger partial charge in [-0.25, -0.2) is 0 Å². The van der Waals surface area contributed by atoms with Crippen molar-refractivity contribution in [3.05, 3.63) is 59.7 Å². The number of carbonyl (C=O) groups is 1. The van der Waals surface area contributed by atoms with Gasteiger partial charge in [-0.3, -0.25) is 9.00 Å². The van der Waals surface area contributed by atoms with Crippen molar-refractivity contribution in [1.29, 1.82) is 0 Å². The van der Waals surface area contributed by atoms with Crippen LogP contribution >= 0.6 is 12.4 Å². The van der Waals surface area contributed by atoms with Crippen LogP contribution in [0.4, 0.5) is 0 Å². The van der Waals surface area contributed by atoms with E-state index in [1.165, 1.54) is 18.4 Å². The second-order valence-corrected chi connectivity index (χ2v) is 10.1. The fourth-order valence-electron chi connectivity index (χ4n) is 4.60. The summed E-state index contributed by atoms with van der Waals surface area (Å²) >= 11 is 0. The van der Waals surface area contributed by atoms with Gasteiger partial charge in [-0.05, 0) is 67.6 Å². The Hall–Kier alpha value is -1.89. The summed E-state index contributed by atoms with van der Waals surface area (Å²) in [5.74, 6) is 2.12. The first-order valence-electron chi connectivity index (χ1n) is 11.2. The number of ether oxygens (including phenoxy) is 1. The molecular weight excluding hydrogens is 444 g/mol. The second kappa shape index (κ2) is 11.8. The molecule has 5 nitrogen and oxygen atoms in total. The van der Waals surface area contributed by atoms with Crippen molar-refractivity contribution in [3.8, 4) is 5.75 Å². The van der Waals surface area contributed by atoms with Crippen LogP contribution in [-0.2, 0) is 28.6 Å². The van der Waals surface area contributed by atoms with E-state index in [4.69, 9.17) is 4.74 Å². The Morgan fingerprint density at radius 1 is 1.09 bits per heavy atom. The molecule has 2 aromatic rings. The maximum absolute atomic E-state index is 12.9. The Bertz CT molecular complexity index is 917. The maximum atomic E-state index is 12.9. The van der Waals surface area contributed by atoms with Crippen LogP contribution in [0.5, 0.6) is 5.75 Å². The Morgan fingerprint density at radius 2 is 1.84 bits per heavy atom. The summed E-state index contributed by atoms with van der Waals surface area (Å²) in [6, 6.07) is 16.4. The number of amides is 1. The van der Waals surface area contributed by atoms with Crippen LogP contribution in [0.3, 0.4) is 0 Å². The van der Waals surface area contributed by atoms with E-state index in [1.54, 1.807) is 7.11 Å². The van der Waals surface area contributed by atoms with Gasteiger partial charge in [0.25, 0.3) is 0 Å². The molecule has 0 radical (unpaired) electrons. The predicted molar refractivity (Wildman–Crippen MR) is 131 cm³/mol. The van der Waals surface area contributed by atoms with Crippen LogP contribution in [0, 0.1) is 5.92 Å². The minimum atomic E-state index is -1.07. The lowest BCUT2D eigenvalue weighted by molar-refractivity contribution is -0.132. The smallest absolute Gasteiger partial charge is 0.224 e. The van der Waals surface area contributed by atoms with Gasteiger partial charge in [0.2, 0.25) is 5.91 Å².